The lowest BCUT2D eigenvalue weighted by atomic mass is 10.1. The summed E-state index contributed by atoms with van der Waals surface area (Å²) in [7, 11) is 0. The van der Waals surface area contributed by atoms with E-state index in [0.29, 0.717) is 12.2 Å². The van der Waals surface area contributed by atoms with Gasteiger partial charge in [0.2, 0.25) is 0 Å². The van der Waals surface area contributed by atoms with Crippen LogP contribution in [-0.4, -0.2) is 16.6 Å². The molecule has 0 amide bonds. The number of nitriles is 1. The molecular formula is C22H17N3OS2. The van der Waals surface area contributed by atoms with Crippen LogP contribution in [0.2, 0.25) is 0 Å². The first-order valence-electron chi connectivity index (χ1n) is 8.85. The van der Waals surface area contributed by atoms with Crippen molar-refractivity contribution in [2.24, 2.45) is 0 Å². The largest absolute Gasteiger partial charge is 0.494 e. The van der Waals surface area contributed by atoms with Gasteiger partial charge in [0.1, 0.15) is 21.9 Å². The predicted molar refractivity (Wildman–Crippen MR) is 115 cm³/mol. The van der Waals surface area contributed by atoms with Gasteiger partial charge in [-0.05, 0) is 42.3 Å². The number of benzene rings is 2. The van der Waals surface area contributed by atoms with Gasteiger partial charge in [-0.1, -0.05) is 24.3 Å². The van der Waals surface area contributed by atoms with Crippen molar-refractivity contribution in [1.82, 2.24) is 9.97 Å². The van der Waals surface area contributed by atoms with E-state index in [1.54, 1.807) is 29.4 Å². The lowest BCUT2D eigenvalue weighted by molar-refractivity contribution is 0.340. The summed E-state index contributed by atoms with van der Waals surface area (Å²) >= 11 is 3.29. The molecule has 4 rings (SSSR count). The fourth-order valence-corrected chi connectivity index (χ4v) is 4.89. The number of fused-ring (bicyclic) bond motifs is 1. The molecule has 0 unspecified atom stereocenters. The Balaban J connectivity index is 1.66. The first-order valence-corrected chi connectivity index (χ1v) is 10.7. The second-order valence-electron chi connectivity index (χ2n) is 6.07. The van der Waals surface area contributed by atoms with Crippen LogP contribution in [0, 0.1) is 11.3 Å². The van der Waals surface area contributed by atoms with Crippen molar-refractivity contribution in [3.63, 3.8) is 0 Å². The summed E-state index contributed by atoms with van der Waals surface area (Å²) in [4.78, 5) is 9.96. The SMILES string of the molecule is CCOc1ccc(-c2csc3ncnc(SCc4cccc(C#N)c4)c23)cc1. The molecule has 2 heterocycles. The minimum Gasteiger partial charge on any atom is -0.494 e. The molecule has 6 heteroatoms. The van der Waals surface area contributed by atoms with Gasteiger partial charge in [-0.25, -0.2) is 9.97 Å². The van der Waals surface area contributed by atoms with Gasteiger partial charge in [0.25, 0.3) is 0 Å². The third-order valence-electron chi connectivity index (χ3n) is 4.24. The number of ether oxygens (including phenoxy) is 1. The maximum atomic E-state index is 9.09. The highest BCUT2D eigenvalue weighted by Crippen LogP contribution is 2.39. The summed E-state index contributed by atoms with van der Waals surface area (Å²) < 4.78 is 5.55. The van der Waals surface area contributed by atoms with E-state index in [1.165, 1.54) is 0 Å². The standard InChI is InChI=1S/C22H17N3OS2/c1-2-26-18-8-6-17(7-9-18)19-13-28-22-20(19)21(24-14-25-22)27-12-16-5-3-4-15(10-16)11-23/h3-10,13-14H,2,12H2,1H3. The predicted octanol–water partition coefficient (Wildman–Crippen LogP) is 5.92. The van der Waals surface area contributed by atoms with Crippen molar-refractivity contribution in [3.8, 4) is 22.9 Å². The third kappa shape index (κ3) is 3.86. The molecule has 0 saturated heterocycles. The maximum absolute atomic E-state index is 9.09. The van der Waals surface area contributed by atoms with Crippen LogP contribution in [0.1, 0.15) is 18.1 Å². The van der Waals surface area contributed by atoms with Crippen molar-refractivity contribution in [1.29, 1.82) is 5.26 Å². The molecule has 0 aliphatic carbocycles. The van der Waals surface area contributed by atoms with Crippen molar-refractivity contribution >= 4 is 33.3 Å². The maximum Gasteiger partial charge on any atom is 0.128 e. The number of thioether (sulfide) groups is 1. The molecule has 0 aliphatic rings. The average Bonchev–Trinajstić information content (AvgIpc) is 3.18. The highest BCUT2D eigenvalue weighted by Gasteiger charge is 2.14. The molecule has 4 aromatic rings. The van der Waals surface area contributed by atoms with Crippen molar-refractivity contribution in [3.05, 3.63) is 71.4 Å². The number of thiophene rings is 1. The monoisotopic (exact) mass is 403 g/mol. The lowest BCUT2D eigenvalue weighted by Crippen LogP contribution is -1.91. The second-order valence-corrected chi connectivity index (χ2v) is 7.89. The number of aromatic nitrogens is 2. The van der Waals surface area contributed by atoms with Gasteiger partial charge in [0.15, 0.2) is 0 Å². The zero-order chi connectivity index (χ0) is 19.3. The summed E-state index contributed by atoms with van der Waals surface area (Å²) in [5.41, 5.74) is 4.04. The van der Waals surface area contributed by atoms with Crippen LogP contribution in [0.3, 0.4) is 0 Å². The first kappa shape index (κ1) is 18.5. The van der Waals surface area contributed by atoms with Gasteiger partial charge in [-0.3, -0.25) is 0 Å². The third-order valence-corrected chi connectivity index (χ3v) is 6.19. The van der Waals surface area contributed by atoms with Crippen LogP contribution >= 0.6 is 23.1 Å². The molecule has 0 bridgehead atoms. The topological polar surface area (TPSA) is 58.8 Å². The van der Waals surface area contributed by atoms with Crippen LogP contribution in [-0.2, 0) is 5.75 Å². The first-order chi connectivity index (χ1) is 13.8. The highest BCUT2D eigenvalue weighted by molar-refractivity contribution is 7.98. The van der Waals surface area contributed by atoms with E-state index in [-0.39, 0.29) is 0 Å². The van der Waals surface area contributed by atoms with Crippen molar-refractivity contribution < 1.29 is 4.74 Å². The molecule has 0 aliphatic heterocycles. The Kier molecular flexibility index (Phi) is 5.56. The summed E-state index contributed by atoms with van der Waals surface area (Å²) in [6.45, 7) is 2.63. The van der Waals surface area contributed by atoms with Gasteiger partial charge in [0, 0.05) is 16.7 Å². The Labute approximate surface area is 171 Å². The lowest BCUT2D eigenvalue weighted by Gasteiger charge is -2.07. The summed E-state index contributed by atoms with van der Waals surface area (Å²) in [5, 5.41) is 13.3. The second kappa shape index (κ2) is 8.42. The molecule has 0 atom stereocenters. The molecule has 0 fully saturated rings. The fourth-order valence-electron chi connectivity index (χ4n) is 2.95. The Morgan fingerprint density at radius 3 is 2.79 bits per heavy atom. The molecule has 0 saturated carbocycles. The smallest absolute Gasteiger partial charge is 0.128 e. The van der Waals surface area contributed by atoms with Crippen molar-refractivity contribution in [2.75, 3.05) is 6.61 Å². The van der Waals surface area contributed by atoms with Gasteiger partial charge in [0.05, 0.1) is 23.6 Å². The van der Waals surface area contributed by atoms with E-state index in [2.05, 4.69) is 33.5 Å². The highest BCUT2D eigenvalue weighted by atomic mass is 32.2. The van der Waals surface area contributed by atoms with E-state index >= 15 is 0 Å². The molecule has 0 radical (unpaired) electrons. The molecule has 28 heavy (non-hydrogen) atoms. The van der Waals surface area contributed by atoms with Crippen LogP contribution in [0.5, 0.6) is 5.75 Å². The fraction of sp³-hybridized carbons (Fsp3) is 0.136. The number of nitrogens with zero attached hydrogens (tertiary/aromatic N) is 3. The van der Waals surface area contributed by atoms with Crippen LogP contribution < -0.4 is 4.74 Å². The molecule has 2 aromatic heterocycles. The van der Waals surface area contributed by atoms with Crippen LogP contribution in [0.15, 0.2) is 65.3 Å². The summed E-state index contributed by atoms with van der Waals surface area (Å²) in [5.74, 6) is 1.62. The van der Waals surface area contributed by atoms with Gasteiger partial charge in [-0.2, -0.15) is 5.26 Å². The van der Waals surface area contributed by atoms with Crippen molar-refractivity contribution in [2.45, 2.75) is 17.7 Å². The Hall–Kier alpha value is -2.88. The minimum absolute atomic E-state index is 0.655. The van der Waals surface area contributed by atoms with Gasteiger partial charge < -0.3 is 4.74 Å². The number of rotatable bonds is 6. The van der Waals surface area contributed by atoms with Gasteiger partial charge in [-0.15, -0.1) is 23.1 Å². The molecule has 4 nitrogen and oxygen atoms in total. The van der Waals surface area contributed by atoms with Gasteiger partial charge >= 0.3 is 0 Å². The molecule has 0 spiro atoms. The molecular weight excluding hydrogens is 386 g/mol. The summed E-state index contributed by atoms with van der Waals surface area (Å²) in [6, 6.07) is 18.0. The average molecular weight is 404 g/mol. The Morgan fingerprint density at radius 2 is 2.00 bits per heavy atom. The van der Waals surface area contributed by atoms with Crippen LogP contribution in [0.25, 0.3) is 21.3 Å². The zero-order valence-electron chi connectivity index (χ0n) is 15.3. The van der Waals surface area contributed by atoms with E-state index in [0.717, 1.165) is 43.4 Å². The molecule has 2 aromatic carbocycles. The van der Waals surface area contributed by atoms with E-state index in [9.17, 15) is 0 Å². The number of hydrogen-bond donors (Lipinski definition) is 0. The van der Waals surface area contributed by atoms with E-state index < -0.39 is 0 Å². The normalized spacial score (nSPS) is 10.7. The molecule has 0 N–H and O–H groups in total. The van der Waals surface area contributed by atoms with E-state index in [4.69, 9.17) is 10.00 Å². The Bertz CT molecular complexity index is 1150. The summed E-state index contributed by atoms with van der Waals surface area (Å²) in [6.07, 6.45) is 1.62. The quantitative estimate of drug-likeness (QED) is 0.295. The van der Waals surface area contributed by atoms with E-state index in [1.807, 2.05) is 43.3 Å². The minimum atomic E-state index is 0.655. The molecule has 138 valence electrons. The number of hydrogen-bond acceptors (Lipinski definition) is 6. The zero-order valence-corrected chi connectivity index (χ0v) is 16.9. The van der Waals surface area contributed by atoms with Crippen LogP contribution in [0.4, 0.5) is 0 Å². The Morgan fingerprint density at radius 1 is 1.14 bits per heavy atom.